The Bertz CT molecular complexity index is 1480. The molecule has 1 heterocycles. The van der Waals surface area contributed by atoms with Crippen molar-refractivity contribution in [3.63, 3.8) is 0 Å². The van der Waals surface area contributed by atoms with Gasteiger partial charge in [0.25, 0.3) is 5.91 Å². The molecule has 0 atom stereocenters. The van der Waals surface area contributed by atoms with Crippen molar-refractivity contribution in [3.05, 3.63) is 119 Å². The zero-order valence-electron chi connectivity index (χ0n) is 20.6. The number of aryl methyl sites for hydroxylation is 1. The van der Waals surface area contributed by atoms with E-state index in [1.54, 1.807) is 13.2 Å². The van der Waals surface area contributed by atoms with Crippen molar-refractivity contribution in [1.29, 1.82) is 0 Å². The summed E-state index contributed by atoms with van der Waals surface area (Å²) in [6, 6.07) is 31.7. The van der Waals surface area contributed by atoms with E-state index < -0.39 is 0 Å². The molecule has 0 unspecified atom stereocenters. The number of rotatable bonds is 7. The third kappa shape index (κ3) is 5.39. The zero-order chi connectivity index (χ0) is 25.8. The van der Waals surface area contributed by atoms with Crippen LogP contribution in [0, 0.1) is 6.92 Å². The molecule has 6 heteroatoms. The first-order chi connectivity index (χ1) is 18.0. The fourth-order valence-corrected chi connectivity index (χ4v) is 4.54. The van der Waals surface area contributed by atoms with Crippen LogP contribution >= 0.6 is 12.2 Å². The fraction of sp³-hybridized carbons (Fsp3) is 0.0968. The van der Waals surface area contributed by atoms with E-state index in [4.69, 9.17) is 21.7 Å². The Morgan fingerprint density at radius 3 is 2.38 bits per heavy atom. The molecule has 184 valence electrons. The Kier molecular flexibility index (Phi) is 7.01. The van der Waals surface area contributed by atoms with Crippen LogP contribution in [0.5, 0.6) is 11.5 Å². The van der Waals surface area contributed by atoms with Gasteiger partial charge in [0.05, 0.1) is 12.8 Å². The van der Waals surface area contributed by atoms with Crippen LogP contribution in [0.15, 0.2) is 103 Å². The highest BCUT2D eigenvalue weighted by atomic mass is 32.1. The highest BCUT2D eigenvalue weighted by Gasteiger charge is 2.32. The largest absolute Gasteiger partial charge is 0.496 e. The number of carbonyl (C=O) groups excluding carboxylic acids is 1. The first kappa shape index (κ1) is 24.3. The molecule has 1 saturated heterocycles. The first-order valence-electron chi connectivity index (χ1n) is 11.9. The quantitative estimate of drug-likeness (QED) is 0.229. The van der Waals surface area contributed by atoms with Gasteiger partial charge in [-0.3, -0.25) is 9.69 Å². The number of methoxy groups -OCH3 is 1. The normalized spacial score (nSPS) is 14.1. The molecule has 1 aliphatic heterocycles. The summed E-state index contributed by atoms with van der Waals surface area (Å²) in [6.07, 6.45) is 1.79. The van der Waals surface area contributed by atoms with Crippen LogP contribution in [0.25, 0.3) is 17.2 Å². The third-order valence-electron chi connectivity index (χ3n) is 6.11. The van der Waals surface area contributed by atoms with Gasteiger partial charge in [0.2, 0.25) is 0 Å². The lowest BCUT2D eigenvalue weighted by atomic mass is 10.1. The number of ether oxygens (including phenoxy) is 2. The minimum Gasteiger partial charge on any atom is -0.496 e. The summed E-state index contributed by atoms with van der Waals surface area (Å²) in [4.78, 5) is 14.7. The summed E-state index contributed by atoms with van der Waals surface area (Å²) < 4.78 is 11.6. The number of benzene rings is 4. The second kappa shape index (κ2) is 10.7. The van der Waals surface area contributed by atoms with Gasteiger partial charge in [-0.1, -0.05) is 60.7 Å². The van der Waals surface area contributed by atoms with E-state index in [2.05, 4.69) is 17.4 Å². The molecule has 5 nitrogen and oxygen atoms in total. The predicted octanol–water partition coefficient (Wildman–Crippen LogP) is 6.51. The molecule has 4 aromatic rings. The maximum absolute atomic E-state index is 13.1. The van der Waals surface area contributed by atoms with Crippen LogP contribution in [0.4, 0.5) is 5.69 Å². The number of thiocarbonyl (C=S) groups is 1. The number of hydrogen-bond donors (Lipinski definition) is 1. The van der Waals surface area contributed by atoms with Gasteiger partial charge in [-0.2, -0.15) is 0 Å². The number of anilines is 1. The summed E-state index contributed by atoms with van der Waals surface area (Å²) in [5.41, 5.74) is 6.21. The van der Waals surface area contributed by atoms with Crippen LogP contribution in [0.1, 0.15) is 16.7 Å². The van der Waals surface area contributed by atoms with Crippen molar-refractivity contribution in [3.8, 4) is 22.6 Å². The number of amides is 1. The number of nitrogens with zero attached hydrogens (tertiary/aromatic N) is 1. The first-order valence-corrected chi connectivity index (χ1v) is 12.3. The maximum Gasteiger partial charge on any atom is 0.281 e. The lowest BCUT2D eigenvalue weighted by Gasteiger charge is -2.14. The monoisotopic (exact) mass is 506 g/mol. The van der Waals surface area contributed by atoms with Crippen LogP contribution in [-0.2, 0) is 11.4 Å². The van der Waals surface area contributed by atoms with Crippen molar-refractivity contribution >= 4 is 35.0 Å². The van der Waals surface area contributed by atoms with Gasteiger partial charge in [0.1, 0.15) is 23.8 Å². The van der Waals surface area contributed by atoms with E-state index >= 15 is 0 Å². The minimum absolute atomic E-state index is 0.192. The molecule has 4 aromatic carbocycles. The van der Waals surface area contributed by atoms with Gasteiger partial charge in [0.15, 0.2) is 5.11 Å². The van der Waals surface area contributed by atoms with E-state index in [-0.39, 0.29) is 5.91 Å². The molecule has 5 rings (SSSR count). The summed E-state index contributed by atoms with van der Waals surface area (Å²) in [5, 5.41) is 3.41. The Balaban J connectivity index is 1.33. The molecule has 1 fully saturated rings. The molecule has 0 saturated carbocycles. The SMILES string of the molecule is COc1ccc(/C=C2/NC(=S)N(c3cccc(C)c3)C2=O)cc1COc1ccc(-c2ccccc2)cc1. The Morgan fingerprint density at radius 2 is 1.65 bits per heavy atom. The van der Waals surface area contributed by atoms with Crippen molar-refractivity contribution < 1.29 is 14.3 Å². The molecular weight excluding hydrogens is 480 g/mol. The van der Waals surface area contributed by atoms with E-state index in [0.717, 1.165) is 39.3 Å². The van der Waals surface area contributed by atoms with Crippen molar-refractivity contribution in [2.24, 2.45) is 0 Å². The van der Waals surface area contributed by atoms with Gasteiger partial charge in [0, 0.05) is 5.56 Å². The average Bonchev–Trinajstić information content (AvgIpc) is 3.20. The van der Waals surface area contributed by atoms with E-state index in [1.165, 1.54) is 4.90 Å². The topological polar surface area (TPSA) is 50.8 Å². The van der Waals surface area contributed by atoms with E-state index in [0.29, 0.717) is 23.2 Å². The molecular formula is C31H26N2O3S. The number of hydrogen-bond acceptors (Lipinski definition) is 4. The molecule has 0 bridgehead atoms. The van der Waals surface area contributed by atoms with Crippen LogP contribution in [-0.4, -0.2) is 18.1 Å². The molecule has 37 heavy (non-hydrogen) atoms. The third-order valence-corrected chi connectivity index (χ3v) is 6.39. The second-order valence-electron chi connectivity index (χ2n) is 8.72. The van der Waals surface area contributed by atoms with Crippen molar-refractivity contribution in [1.82, 2.24) is 5.32 Å². The van der Waals surface area contributed by atoms with Crippen LogP contribution in [0.3, 0.4) is 0 Å². The van der Waals surface area contributed by atoms with Gasteiger partial charge in [-0.15, -0.1) is 0 Å². The Hall–Kier alpha value is -4.42. The lowest BCUT2D eigenvalue weighted by molar-refractivity contribution is -0.113. The molecule has 1 amide bonds. The molecule has 1 aliphatic rings. The summed E-state index contributed by atoms with van der Waals surface area (Å²) in [6.45, 7) is 2.30. The zero-order valence-corrected chi connectivity index (χ0v) is 21.4. The highest BCUT2D eigenvalue weighted by Crippen LogP contribution is 2.27. The van der Waals surface area contributed by atoms with Gasteiger partial charge < -0.3 is 14.8 Å². The number of carbonyl (C=O) groups is 1. The molecule has 0 radical (unpaired) electrons. The number of nitrogens with one attached hydrogen (secondary N) is 1. The molecule has 0 aromatic heterocycles. The van der Waals surface area contributed by atoms with E-state index in [1.807, 2.05) is 91.9 Å². The lowest BCUT2D eigenvalue weighted by Crippen LogP contribution is -2.30. The summed E-state index contributed by atoms with van der Waals surface area (Å²) >= 11 is 5.45. The smallest absolute Gasteiger partial charge is 0.281 e. The van der Waals surface area contributed by atoms with Gasteiger partial charge in [-0.25, -0.2) is 0 Å². The standard InChI is InChI=1S/C31H26N2O3S/c1-21-7-6-10-26(17-21)33-30(34)28(32-31(33)37)19-22-11-16-29(35-2)25(18-22)20-36-27-14-12-24(13-15-27)23-8-4-3-5-9-23/h3-19H,20H2,1-2H3,(H,32,37)/b28-19+. The average molecular weight is 507 g/mol. The van der Waals surface area contributed by atoms with Crippen LogP contribution in [0.2, 0.25) is 0 Å². The van der Waals surface area contributed by atoms with Crippen molar-refractivity contribution in [2.45, 2.75) is 13.5 Å². The molecule has 0 spiro atoms. The predicted molar refractivity (Wildman–Crippen MR) is 152 cm³/mol. The fourth-order valence-electron chi connectivity index (χ4n) is 4.24. The highest BCUT2D eigenvalue weighted by molar-refractivity contribution is 7.80. The summed E-state index contributed by atoms with van der Waals surface area (Å²) in [5.74, 6) is 1.28. The Labute approximate surface area is 222 Å². The minimum atomic E-state index is -0.192. The molecule has 1 N–H and O–H groups in total. The van der Waals surface area contributed by atoms with E-state index in [9.17, 15) is 4.79 Å². The molecule has 0 aliphatic carbocycles. The van der Waals surface area contributed by atoms with Crippen LogP contribution < -0.4 is 19.7 Å². The maximum atomic E-state index is 13.1. The Morgan fingerprint density at radius 1 is 0.892 bits per heavy atom. The van der Waals surface area contributed by atoms with Crippen molar-refractivity contribution in [2.75, 3.05) is 12.0 Å². The summed E-state index contributed by atoms with van der Waals surface area (Å²) in [7, 11) is 1.63. The van der Waals surface area contributed by atoms with Gasteiger partial charge in [-0.05, 0) is 83.9 Å². The second-order valence-corrected chi connectivity index (χ2v) is 9.10. The van der Waals surface area contributed by atoms with Gasteiger partial charge >= 0.3 is 0 Å².